The Kier molecular flexibility index (Phi) is 6.72. The van der Waals surface area contributed by atoms with E-state index in [-0.39, 0.29) is 23.7 Å². The SMILES string of the molecule is CCCNC(=O)C1CNCC(C(=O)NCCC)C1. The van der Waals surface area contributed by atoms with Crippen LogP contribution in [-0.4, -0.2) is 38.0 Å². The van der Waals surface area contributed by atoms with Gasteiger partial charge in [0.05, 0.1) is 11.8 Å². The molecule has 0 aromatic carbocycles. The van der Waals surface area contributed by atoms with Crippen LogP contribution in [0.2, 0.25) is 0 Å². The first-order valence-electron chi connectivity index (χ1n) is 6.95. The van der Waals surface area contributed by atoms with Gasteiger partial charge < -0.3 is 16.0 Å². The largest absolute Gasteiger partial charge is 0.356 e. The minimum absolute atomic E-state index is 0.0670. The van der Waals surface area contributed by atoms with Gasteiger partial charge in [-0.15, -0.1) is 0 Å². The molecular weight excluding hydrogens is 230 g/mol. The molecule has 0 aromatic heterocycles. The molecule has 0 aromatic rings. The van der Waals surface area contributed by atoms with E-state index >= 15 is 0 Å². The van der Waals surface area contributed by atoms with Crippen molar-refractivity contribution in [1.29, 1.82) is 0 Å². The first kappa shape index (κ1) is 15.0. The van der Waals surface area contributed by atoms with Crippen LogP contribution >= 0.6 is 0 Å². The molecule has 0 radical (unpaired) electrons. The Balaban J connectivity index is 2.40. The second kappa shape index (κ2) is 8.08. The zero-order valence-corrected chi connectivity index (χ0v) is 11.4. The van der Waals surface area contributed by atoms with Gasteiger partial charge in [-0.1, -0.05) is 13.8 Å². The highest BCUT2D eigenvalue weighted by molar-refractivity contribution is 5.82. The minimum atomic E-state index is -0.0809. The smallest absolute Gasteiger partial charge is 0.224 e. The van der Waals surface area contributed by atoms with Crippen molar-refractivity contribution in [3.63, 3.8) is 0 Å². The van der Waals surface area contributed by atoms with Crippen molar-refractivity contribution in [2.75, 3.05) is 26.2 Å². The molecule has 18 heavy (non-hydrogen) atoms. The maximum Gasteiger partial charge on any atom is 0.224 e. The normalized spacial score (nSPS) is 23.4. The number of hydrogen-bond acceptors (Lipinski definition) is 3. The maximum absolute atomic E-state index is 11.9. The van der Waals surface area contributed by atoms with Gasteiger partial charge in [-0.3, -0.25) is 9.59 Å². The zero-order chi connectivity index (χ0) is 13.4. The lowest BCUT2D eigenvalue weighted by Crippen LogP contribution is -2.48. The average Bonchev–Trinajstić information content (AvgIpc) is 2.42. The zero-order valence-electron chi connectivity index (χ0n) is 11.4. The second-order valence-electron chi connectivity index (χ2n) is 4.87. The van der Waals surface area contributed by atoms with Gasteiger partial charge in [0.1, 0.15) is 0 Å². The van der Waals surface area contributed by atoms with E-state index in [0.717, 1.165) is 12.8 Å². The summed E-state index contributed by atoms with van der Waals surface area (Å²) in [7, 11) is 0. The van der Waals surface area contributed by atoms with Crippen LogP contribution in [0.4, 0.5) is 0 Å². The van der Waals surface area contributed by atoms with Crippen LogP contribution in [0.15, 0.2) is 0 Å². The number of piperidine rings is 1. The maximum atomic E-state index is 11.9. The van der Waals surface area contributed by atoms with Crippen LogP contribution in [0.3, 0.4) is 0 Å². The summed E-state index contributed by atoms with van der Waals surface area (Å²) in [5.74, 6) is -0.0277. The van der Waals surface area contributed by atoms with Gasteiger partial charge in [-0.25, -0.2) is 0 Å². The van der Waals surface area contributed by atoms with E-state index in [4.69, 9.17) is 0 Å². The highest BCUT2D eigenvalue weighted by atomic mass is 16.2. The first-order chi connectivity index (χ1) is 8.69. The summed E-state index contributed by atoms with van der Waals surface area (Å²) in [6, 6.07) is 0. The molecule has 1 fully saturated rings. The predicted molar refractivity (Wildman–Crippen MR) is 71.1 cm³/mol. The lowest BCUT2D eigenvalue weighted by Gasteiger charge is -2.28. The Morgan fingerprint density at radius 3 is 1.83 bits per heavy atom. The van der Waals surface area contributed by atoms with E-state index in [0.29, 0.717) is 32.6 Å². The molecule has 5 nitrogen and oxygen atoms in total. The summed E-state index contributed by atoms with van der Waals surface area (Å²) in [5, 5.41) is 8.97. The van der Waals surface area contributed by atoms with Crippen LogP contribution in [0, 0.1) is 11.8 Å². The van der Waals surface area contributed by atoms with Gasteiger partial charge in [0.2, 0.25) is 11.8 Å². The van der Waals surface area contributed by atoms with Crippen LogP contribution < -0.4 is 16.0 Å². The molecule has 5 heteroatoms. The van der Waals surface area contributed by atoms with Crippen LogP contribution in [0.25, 0.3) is 0 Å². The molecule has 1 rings (SSSR count). The molecule has 2 amide bonds. The van der Waals surface area contributed by atoms with Gasteiger partial charge in [-0.05, 0) is 19.3 Å². The van der Waals surface area contributed by atoms with Crippen molar-refractivity contribution in [2.45, 2.75) is 33.1 Å². The van der Waals surface area contributed by atoms with E-state index in [9.17, 15) is 9.59 Å². The Hall–Kier alpha value is -1.10. The Morgan fingerprint density at radius 1 is 1.00 bits per heavy atom. The molecular formula is C13H25N3O2. The van der Waals surface area contributed by atoms with Crippen molar-refractivity contribution >= 4 is 11.8 Å². The molecule has 0 bridgehead atoms. The summed E-state index contributed by atoms with van der Waals surface area (Å²) >= 11 is 0. The van der Waals surface area contributed by atoms with E-state index in [2.05, 4.69) is 16.0 Å². The quantitative estimate of drug-likeness (QED) is 0.638. The van der Waals surface area contributed by atoms with E-state index in [1.165, 1.54) is 0 Å². The van der Waals surface area contributed by atoms with Gasteiger partial charge >= 0.3 is 0 Å². The first-order valence-corrected chi connectivity index (χ1v) is 6.95. The fourth-order valence-corrected chi connectivity index (χ4v) is 2.13. The molecule has 1 aliphatic rings. The molecule has 0 spiro atoms. The van der Waals surface area contributed by atoms with Crippen LogP contribution in [0.5, 0.6) is 0 Å². The highest BCUT2D eigenvalue weighted by Gasteiger charge is 2.30. The molecule has 0 saturated carbocycles. The molecule has 1 saturated heterocycles. The molecule has 1 aliphatic heterocycles. The van der Waals surface area contributed by atoms with E-state index in [1.54, 1.807) is 0 Å². The number of rotatable bonds is 6. The lowest BCUT2D eigenvalue weighted by atomic mass is 9.89. The van der Waals surface area contributed by atoms with Crippen molar-refractivity contribution in [3.8, 4) is 0 Å². The summed E-state index contributed by atoms with van der Waals surface area (Å²) in [4.78, 5) is 23.7. The van der Waals surface area contributed by atoms with Gasteiger partial charge in [0, 0.05) is 26.2 Å². The van der Waals surface area contributed by atoms with Crippen LogP contribution in [-0.2, 0) is 9.59 Å². The lowest BCUT2D eigenvalue weighted by molar-refractivity contribution is -0.129. The summed E-state index contributed by atoms with van der Waals surface area (Å²) < 4.78 is 0. The minimum Gasteiger partial charge on any atom is -0.356 e. The summed E-state index contributed by atoms with van der Waals surface area (Å²) in [6.07, 6.45) is 2.52. The molecule has 1 heterocycles. The Morgan fingerprint density at radius 2 is 1.44 bits per heavy atom. The second-order valence-corrected chi connectivity index (χ2v) is 4.87. The summed E-state index contributed by atoms with van der Waals surface area (Å²) in [5.41, 5.74) is 0. The number of carbonyl (C=O) groups excluding carboxylic acids is 2. The molecule has 0 aliphatic carbocycles. The third-order valence-electron chi connectivity index (χ3n) is 3.19. The third-order valence-corrected chi connectivity index (χ3v) is 3.19. The van der Waals surface area contributed by atoms with Gasteiger partial charge in [0.15, 0.2) is 0 Å². The average molecular weight is 255 g/mol. The summed E-state index contributed by atoms with van der Waals surface area (Å²) in [6.45, 7) is 6.82. The fraction of sp³-hybridized carbons (Fsp3) is 0.846. The third kappa shape index (κ3) is 4.64. The molecule has 3 N–H and O–H groups in total. The van der Waals surface area contributed by atoms with E-state index in [1.807, 2.05) is 13.8 Å². The topological polar surface area (TPSA) is 70.2 Å². The van der Waals surface area contributed by atoms with Crippen LogP contribution in [0.1, 0.15) is 33.1 Å². The monoisotopic (exact) mass is 255 g/mol. The fourth-order valence-electron chi connectivity index (χ4n) is 2.13. The Bertz CT molecular complexity index is 255. The standard InChI is InChI=1S/C13H25N3O2/c1-3-5-15-12(17)10-7-11(9-14-8-10)13(18)16-6-4-2/h10-11,14H,3-9H2,1-2H3,(H,15,17)(H,16,18). The van der Waals surface area contributed by atoms with Crippen molar-refractivity contribution < 1.29 is 9.59 Å². The Labute approximate surface area is 109 Å². The molecule has 104 valence electrons. The molecule has 2 unspecified atom stereocenters. The highest BCUT2D eigenvalue weighted by Crippen LogP contribution is 2.16. The molecule has 2 atom stereocenters. The number of hydrogen-bond donors (Lipinski definition) is 3. The van der Waals surface area contributed by atoms with Crippen molar-refractivity contribution in [1.82, 2.24) is 16.0 Å². The number of carbonyl (C=O) groups is 2. The predicted octanol–water partition coefficient (Wildman–Crippen LogP) is 0.265. The van der Waals surface area contributed by atoms with Gasteiger partial charge in [0.25, 0.3) is 0 Å². The van der Waals surface area contributed by atoms with E-state index < -0.39 is 0 Å². The van der Waals surface area contributed by atoms with Crippen molar-refractivity contribution in [3.05, 3.63) is 0 Å². The number of amides is 2. The van der Waals surface area contributed by atoms with Gasteiger partial charge in [-0.2, -0.15) is 0 Å². The van der Waals surface area contributed by atoms with Crippen molar-refractivity contribution in [2.24, 2.45) is 11.8 Å². The number of nitrogens with one attached hydrogen (secondary N) is 3.